The van der Waals surface area contributed by atoms with Crippen LogP contribution in [-0.4, -0.2) is 45.7 Å². The molecule has 7 nitrogen and oxygen atoms in total. The van der Waals surface area contributed by atoms with Gasteiger partial charge in [0.05, 0.1) is 16.8 Å². The van der Waals surface area contributed by atoms with Crippen molar-refractivity contribution in [3.8, 4) is 12.1 Å². The molecule has 0 fully saturated rings. The lowest BCUT2D eigenvalue weighted by Gasteiger charge is -2.25. The van der Waals surface area contributed by atoms with E-state index in [1.54, 1.807) is 25.1 Å². The summed E-state index contributed by atoms with van der Waals surface area (Å²) in [5, 5.41) is 11.4. The van der Waals surface area contributed by atoms with Gasteiger partial charge in [-0.15, -0.1) is 9.24 Å². The summed E-state index contributed by atoms with van der Waals surface area (Å²) < 4.78 is 19.4. The molecule has 28 heavy (non-hydrogen) atoms. The molecule has 0 amide bonds. The number of anilines is 3. The first-order valence-corrected chi connectivity index (χ1v) is 10.1. The summed E-state index contributed by atoms with van der Waals surface area (Å²) in [7, 11) is 4.59. The van der Waals surface area contributed by atoms with Gasteiger partial charge in [-0.05, 0) is 39.0 Å². The van der Waals surface area contributed by atoms with Crippen molar-refractivity contribution in [2.45, 2.75) is 31.8 Å². The van der Waals surface area contributed by atoms with Crippen LogP contribution in [0.15, 0.2) is 24.3 Å². The third-order valence-electron chi connectivity index (χ3n) is 4.04. The fourth-order valence-electron chi connectivity index (χ4n) is 2.21. The molecule has 1 heterocycles. The van der Waals surface area contributed by atoms with Crippen molar-refractivity contribution in [3.05, 3.63) is 29.8 Å². The van der Waals surface area contributed by atoms with Crippen LogP contribution in [0.2, 0.25) is 0 Å². The van der Waals surface area contributed by atoms with Gasteiger partial charge in [-0.3, -0.25) is 0 Å². The highest BCUT2D eigenvalue weighted by molar-refractivity contribution is 7.24. The number of halogens is 1. The van der Waals surface area contributed by atoms with E-state index in [0.717, 1.165) is 0 Å². The molecule has 0 bridgehead atoms. The lowest BCUT2D eigenvalue weighted by Crippen LogP contribution is -2.33. The van der Waals surface area contributed by atoms with Gasteiger partial charge >= 0.3 is 6.01 Å². The number of alkyl halides is 1. The Morgan fingerprint density at radius 3 is 2.64 bits per heavy atom. The average Bonchev–Trinajstić information content (AvgIpc) is 2.67. The van der Waals surface area contributed by atoms with E-state index in [-0.39, 0.29) is 18.6 Å². The minimum atomic E-state index is -1.16. The van der Waals surface area contributed by atoms with Crippen molar-refractivity contribution < 1.29 is 9.13 Å². The van der Waals surface area contributed by atoms with Crippen molar-refractivity contribution in [3.63, 3.8) is 0 Å². The number of nitriles is 1. The van der Waals surface area contributed by atoms with E-state index in [4.69, 9.17) is 10.00 Å². The second-order valence-electron chi connectivity index (χ2n) is 6.43. The SMILES string of the molecule is CCN(CC)c1nc(Nc2cccc(C#N)c2)nc(OCC(C)(P)C(F)P)n1. The number of ether oxygens (including phenoxy) is 1. The van der Waals surface area contributed by atoms with Crippen molar-refractivity contribution in [2.24, 2.45) is 0 Å². The van der Waals surface area contributed by atoms with E-state index in [9.17, 15) is 4.39 Å². The van der Waals surface area contributed by atoms with E-state index in [0.29, 0.717) is 30.3 Å². The predicted molar refractivity (Wildman–Crippen MR) is 116 cm³/mol. The summed E-state index contributed by atoms with van der Waals surface area (Å²) in [6.07, 6.45) is 0. The minimum Gasteiger partial charge on any atom is -0.462 e. The summed E-state index contributed by atoms with van der Waals surface area (Å²) in [5.41, 5.74) is 1.19. The smallest absolute Gasteiger partial charge is 0.323 e. The topological polar surface area (TPSA) is 87.0 Å². The number of hydrogen-bond acceptors (Lipinski definition) is 7. The molecule has 0 aliphatic rings. The van der Waals surface area contributed by atoms with Crippen LogP contribution in [-0.2, 0) is 0 Å². The Bertz CT molecular complexity index is 839. The van der Waals surface area contributed by atoms with E-state index in [2.05, 4.69) is 44.8 Å². The van der Waals surface area contributed by atoms with E-state index in [1.807, 2.05) is 24.8 Å². The molecule has 0 saturated carbocycles. The number of benzene rings is 1. The molecule has 150 valence electrons. The first-order valence-electron chi connectivity index (χ1n) is 8.88. The zero-order chi connectivity index (χ0) is 20.7. The van der Waals surface area contributed by atoms with Crippen LogP contribution < -0.4 is 15.0 Å². The molecule has 2 aromatic rings. The Morgan fingerprint density at radius 1 is 1.32 bits per heavy atom. The maximum atomic E-state index is 13.7. The standard InChI is InChI=1S/C18H25FN6OP2/c1-4-25(5-2)16-22-15(21-13-8-6-7-12(9-13)10-20)23-17(24-16)26-11-18(3,28)14(19)27/h6-9,14H,4-5,11,27-28H2,1-3H3,(H,21,22,23,24). The quantitative estimate of drug-likeness (QED) is 0.619. The van der Waals surface area contributed by atoms with Gasteiger partial charge in [-0.1, -0.05) is 15.3 Å². The van der Waals surface area contributed by atoms with Crippen LogP contribution in [0.25, 0.3) is 0 Å². The molecule has 10 heteroatoms. The second-order valence-corrected chi connectivity index (χ2v) is 8.33. The van der Waals surface area contributed by atoms with Gasteiger partial charge in [0, 0.05) is 18.8 Å². The maximum absolute atomic E-state index is 13.7. The molecule has 1 aromatic heterocycles. The molecular weight excluding hydrogens is 397 g/mol. The molecule has 0 saturated heterocycles. The summed E-state index contributed by atoms with van der Waals surface area (Å²) in [6.45, 7) is 7.23. The van der Waals surface area contributed by atoms with Gasteiger partial charge in [-0.25, -0.2) is 4.39 Å². The number of nitrogens with one attached hydrogen (secondary N) is 1. The predicted octanol–water partition coefficient (Wildman–Crippen LogP) is 3.52. The van der Waals surface area contributed by atoms with Crippen molar-refractivity contribution in [1.29, 1.82) is 5.26 Å². The van der Waals surface area contributed by atoms with E-state index < -0.39 is 11.1 Å². The molecular formula is C18H25FN6OP2. The summed E-state index contributed by atoms with van der Waals surface area (Å²) in [6, 6.07) is 9.19. The highest BCUT2D eigenvalue weighted by Crippen LogP contribution is 2.30. The van der Waals surface area contributed by atoms with Crippen LogP contribution in [0.3, 0.4) is 0 Å². The summed E-state index contributed by atoms with van der Waals surface area (Å²) >= 11 is 0. The third kappa shape index (κ3) is 5.95. The lowest BCUT2D eigenvalue weighted by atomic mass is 10.2. The highest BCUT2D eigenvalue weighted by Gasteiger charge is 2.28. The number of rotatable bonds is 9. The first kappa shape index (κ1) is 22.2. The Morgan fingerprint density at radius 2 is 2.04 bits per heavy atom. The molecule has 1 aromatic carbocycles. The lowest BCUT2D eigenvalue weighted by molar-refractivity contribution is 0.222. The Kier molecular flexibility index (Phi) is 7.86. The minimum absolute atomic E-state index is 0.0768. The number of hydrogen-bond donors (Lipinski definition) is 1. The normalized spacial score (nSPS) is 13.9. The van der Waals surface area contributed by atoms with Gasteiger partial charge in [0.1, 0.15) is 12.5 Å². The van der Waals surface area contributed by atoms with Crippen LogP contribution in [0.1, 0.15) is 26.3 Å². The van der Waals surface area contributed by atoms with Gasteiger partial charge in [0.25, 0.3) is 0 Å². The van der Waals surface area contributed by atoms with Crippen molar-refractivity contribution in [1.82, 2.24) is 15.0 Å². The van der Waals surface area contributed by atoms with Crippen molar-refractivity contribution in [2.75, 3.05) is 29.9 Å². The molecule has 0 radical (unpaired) electrons. The molecule has 0 aliphatic heterocycles. The monoisotopic (exact) mass is 422 g/mol. The fourth-order valence-corrected chi connectivity index (χ4v) is 2.39. The van der Waals surface area contributed by atoms with Crippen molar-refractivity contribution >= 4 is 36.1 Å². The molecule has 2 rings (SSSR count). The number of aromatic nitrogens is 3. The van der Waals surface area contributed by atoms with Gasteiger partial charge < -0.3 is 15.0 Å². The van der Waals surface area contributed by atoms with Crippen LogP contribution in [0.4, 0.5) is 22.0 Å². The summed E-state index contributed by atoms with van der Waals surface area (Å²) in [5.74, 6) is -0.412. The molecule has 0 spiro atoms. The Balaban J connectivity index is 2.33. The van der Waals surface area contributed by atoms with E-state index in [1.165, 1.54) is 0 Å². The van der Waals surface area contributed by atoms with Crippen LogP contribution in [0, 0.1) is 11.3 Å². The van der Waals surface area contributed by atoms with Crippen LogP contribution in [0.5, 0.6) is 6.01 Å². The molecule has 0 aliphatic carbocycles. The second kappa shape index (κ2) is 9.91. The average molecular weight is 422 g/mol. The Hall–Kier alpha value is -2.09. The van der Waals surface area contributed by atoms with Gasteiger partial charge in [0.15, 0.2) is 0 Å². The maximum Gasteiger partial charge on any atom is 0.323 e. The largest absolute Gasteiger partial charge is 0.462 e. The number of nitrogens with zero attached hydrogens (tertiary/aromatic N) is 5. The Labute approximate surface area is 169 Å². The zero-order valence-corrected chi connectivity index (χ0v) is 18.5. The molecule has 1 N–H and O–H groups in total. The summed E-state index contributed by atoms with van der Waals surface area (Å²) in [4.78, 5) is 15.1. The zero-order valence-electron chi connectivity index (χ0n) is 16.2. The van der Waals surface area contributed by atoms with Gasteiger partial charge in [-0.2, -0.15) is 20.2 Å². The van der Waals surface area contributed by atoms with E-state index >= 15 is 0 Å². The molecule has 4 unspecified atom stereocenters. The van der Waals surface area contributed by atoms with Crippen LogP contribution >= 0.6 is 18.5 Å². The van der Waals surface area contributed by atoms with Gasteiger partial charge in [0.2, 0.25) is 11.9 Å². The first-order chi connectivity index (χ1) is 13.3. The molecule has 4 atom stereocenters. The fraction of sp³-hybridized carbons (Fsp3) is 0.444. The third-order valence-corrected chi connectivity index (χ3v) is 5.67. The highest BCUT2D eigenvalue weighted by atomic mass is 31.0.